The van der Waals surface area contributed by atoms with E-state index in [2.05, 4.69) is 15.2 Å². The third-order valence-electron chi connectivity index (χ3n) is 1.67. The van der Waals surface area contributed by atoms with Gasteiger partial charge in [0.1, 0.15) is 16.2 Å². The van der Waals surface area contributed by atoms with Crippen molar-refractivity contribution >= 4 is 34.7 Å². The van der Waals surface area contributed by atoms with Gasteiger partial charge >= 0.3 is 0 Å². The van der Waals surface area contributed by atoms with Gasteiger partial charge in [0.2, 0.25) is 0 Å². The van der Waals surface area contributed by atoms with Crippen LogP contribution in [-0.4, -0.2) is 21.1 Å². The standard InChI is InChI=1S/C8H7N5OS2/c9-4-1-2-5(6(10)14)12-7(4)16-8-13-11-3-15-8/h1-3H,9H2,(H2,10,14). The zero-order valence-electron chi connectivity index (χ0n) is 7.95. The summed E-state index contributed by atoms with van der Waals surface area (Å²) < 4.78 is 0.709. The van der Waals surface area contributed by atoms with Crippen molar-refractivity contribution in [2.45, 2.75) is 9.37 Å². The third-order valence-corrected chi connectivity index (χ3v) is 3.46. The van der Waals surface area contributed by atoms with Gasteiger partial charge in [0.25, 0.3) is 5.91 Å². The van der Waals surface area contributed by atoms with Crippen LogP contribution in [0.2, 0.25) is 0 Å². The maximum Gasteiger partial charge on any atom is 0.267 e. The smallest absolute Gasteiger partial charge is 0.267 e. The molecule has 0 saturated carbocycles. The van der Waals surface area contributed by atoms with Crippen LogP contribution in [0.4, 0.5) is 5.69 Å². The molecule has 2 rings (SSSR count). The lowest BCUT2D eigenvalue weighted by molar-refractivity contribution is 0.0995. The second-order valence-corrected chi connectivity index (χ2v) is 4.83. The summed E-state index contributed by atoms with van der Waals surface area (Å²) in [6.45, 7) is 0. The molecule has 8 heteroatoms. The highest BCUT2D eigenvalue weighted by Gasteiger charge is 2.10. The molecule has 0 aromatic carbocycles. The molecule has 0 aliphatic heterocycles. The van der Waals surface area contributed by atoms with Gasteiger partial charge < -0.3 is 11.5 Å². The van der Waals surface area contributed by atoms with E-state index < -0.39 is 5.91 Å². The van der Waals surface area contributed by atoms with Crippen LogP contribution in [-0.2, 0) is 0 Å². The van der Waals surface area contributed by atoms with Gasteiger partial charge in [-0.3, -0.25) is 4.79 Å². The van der Waals surface area contributed by atoms with Crippen molar-refractivity contribution in [3.63, 3.8) is 0 Å². The minimum absolute atomic E-state index is 0.182. The van der Waals surface area contributed by atoms with Gasteiger partial charge in [-0.1, -0.05) is 11.3 Å². The molecule has 1 amide bonds. The number of nitrogens with two attached hydrogens (primary N) is 2. The molecule has 0 aliphatic rings. The van der Waals surface area contributed by atoms with Gasteiger partial charge in [0.15, 0.2) is 4.34 Å². The summed E-state index contributed by atoms with van der Waals surface area (Å²) in [4.78, 5) is 15.0. The molecule has 0 atom stereocenters. The van der Waals surface area contributed by atoms with E-state index in [-0.39, 0.29) is 5.69 Å². The number of amides is 1. The number of rotatable bonds is 3. The molecule has 2 heterocycles. The number of carbonyl (C=O) groups excluding carboxylic acids is 1. The van der Waals surface area contributed by atoms with Crippen LogP contribution >= 0.6 is 23.1 Å². The van der Waals surface area contributed by atoms with E-state index in [4.69, 9.17) is 11.5 Å². The van der Waals surface area contributed by atoms with Gasteiger partial charge in [-0.05, 0) is 23.9 Å². The average molecular weight is 253 g/mol. The lowest BCUT2D eigenvalue weighted by atomic mass is 10.3. The van der Waals surface area contributed by atoms with E-state index in [1.807, 2.05) is 0 Å². The number of aromatic nitrogens is 3. The molecular weight excluding hydrogens is 246 g/mol. The van der Waals surface area contributed by atoms with E-state index in [0.29, 0.717) is 15.1 Å². The van der Waals surface area contributed by atoms with Gasteiger partial charge in [-0.25, -0.2) is 4.98 Å². The van der Waals surface area contributed by atoms with Crippen LogP contribution in [0.15, 0.2) is 27.0 Å². The Labute approximate surface area is 99.1 Å². The number of anilines is 1. The zero-order valence-corrected chi connectivity index (χ0v) is 9.59. The topological polar surface area (TPSA) is 108 Å². The van der Waals surface area contributed by atoms with E-state index in [9.17, 15) is 4.79 Å². The van der Waals surface area contributed by atoms with E-state index >= 15 is 0 Å². The Balaban J connectivity index is 2.32. The summed E-state index contributed by atoms with van der Waals surface area (Å²) >= 11 is 2.62. The monoisotopic (exact) mass is 253 g/mol. The fourth-order valence-electron chi connectivity index (χ4n) is 0.960. The number of nitrogens with zero attached hydrogens (tertiary/aromatic N) is 3. The highest BCUT2D eigenvalue weighted by molar-refractivity contribution is 8.01. The van der Waals surface area contributed by atoms with Crippen LogP contribution in [0.1, 0.15) is 10.5 Å². The highest BCUT2D eigenvalue weighted by Crippen LogP contribution is 2.30. The van der Waals surface area contributed by atoms with Crippen molar-refractivity contribution in [3.8, 4) is 0 Å². The quantitative estimate of drug-likeness (QED) is 0.836. The Morgan fingerprint density at radius 1 is 1.44 bits per heavy atom. The van der Waals surface area contributed by atoms with Crippen molar-refractivity contribution in [2.24, 2.45) is 5.73 Å². The normalized spacial score (nSPS) is 10.2. The maximum absolute atomic E-state index is 11.0. The molecule has 4 N–H and O–H groups in total. The second-order valence-electron chi connectivity index (χ2n) is 2.76. The summed E-state index contributed by atoms with van der Waals surface area (Å²) in [6, 6.07) is 3.08. The molecule has 0 bridgehead atoms. The van der Waals surface area contributed by atoms with Crippen LogP contribution in [0.3, 0.4) is 0 Å². The number of carbonyl (C=O) groups is 1. The summed E-state index contributed by atoms with van der Waals surface area (Å²) in [5.74, 6) is -0.584. The minimum Gasteiger partial charge on any atom is -0.397 e. The first kappa shape index (κ1) is 10.8. The van der Waals surface area contributed by atoms with Crippen molar-refractivity contribution in [1.82, 2.24) is 15.2 Å². The van der Waals surface area contributed by atoms with E-state index in [0.717, 1.165) is 0 Å². The summed E-state index contributed by atoms with van der Waals surface area (Å²) in [5, 5.41) is 8.05. The molecular formula is C8H7N5OS2. The van der Waals surface area contributed by atoms with Crippen molar-refractivity contribution in [2.75, 3.05) is 5.73 Å². The average Bonchev–Trinajstić information content (AvgIpc) is 2.73. The van der Waals surface area contributed by atoms with Crippen molar-refractivity contribution < 1.29 is 4.79 Å². The predicted octanol–water partition coefficient (Wildman–Crippen LogP) is 0.765. The lowest BCUT2D eigenvalue weighted by Gasteiger charge is -2.02. The van der Waals surface area contributed by atoms with Gasteiger partial charge in [-0.2, -0.15) is 0 Å². The fraction of sp³-hybridized carbons (Fsp3) is 0. The highest BCUT2D eigenvalue weighted by atomic mass is 32.2. The predicted molar refractivity (Wildman–Crippen MR) is 61.2 cm³/mol. The Morgan fingerprint density at radius 3 is 2.88 bits per heavy atom. The Morgan fingerprint density at radius 2 is 2.25 bits per heavy atom. The van der Waals surface area contributed by atoms with Gasteiger partial charge in [0.05, 0.1) is 5.69 Å². The molecule has 0 spiro atoms. The molecule has 0 fully saturated rings. The van der Waals surface area contributed by atoms with Crippen LogP contribution < -0.4 is 11.5 Å². The van der Waals surface area contributed by atoms with E-state index in [1.165, 1.54) is 29.2 Å². The van der Waals surface area contributed by atoms with Gasteiger partial charge in [0, 0.05) is 0 Å². The summed E-state index contributed by atoms with van der Waals surface area (Å²) in [5.41, 5.74) is 13.1. The minimum atomic E-state index is -0.584. The molecule has 0 aliphatic carbocycles. The van der Waals surface area contributed by atoms with Crippen LogP contribution in [0, 0.1) is 0 Å². The second kappa shape index (κ2) is 4.45. The van der Waals surface area contributed by atoms with E-state index in [1.54, 1.807) is 11.6 Å². The molecule has 0 radical (unpaired) electrons. The number of pyridine rings is 1. The first-order chi connectivity index (χ1) is 7.66. The Hall–Kier alpha value is -1.67. The molecule has 0 saturated heterocycles. The van der Waals surface area contributed by atoms with Gasteiger partial charge in [-0.15, -0.1) is 10.2 Å². The molecule has 16 heavy (non-hydrogen) atoms. The zero-order chi connectivity index (χ0) is 11.5. The molecule has 2 aromatic rings. The largest absolute Gasteiger partial charge is 0.397 e. The molecule has 6 nitrogen and oxygen atoms in total. The van der Waals surface area contributed by atoms with Crippen molar-refractivity contribution in [3.05, 3.63) is 23.3 Å². The number of hydrogen-bond donors (Lipinski definition) is 2. The molecule has 82 valence electrons. The van der Waals surface area contributed by atoms with Crippen LogP contribution in [0.5, 0.6) is 0 Å². The Bertz CT molecular complexity index is 513. The first-order valence-corrected chi connectivity index (χ1v) is 5.87. The first-order valence-electron chi connectivity index (χ1n) is 4.17. The van der Waals surface area contributed by atoms with Crippen molar-refractivity contribution in [1.29, 1.82) is 0 Å². The summed E-state index contributed by atoms with van der Waals surface area (Å²) in [7, 11) is 0. The number of hydrogen-bond acceptors (Lipinski definition) is 7. The number of primary amides is 1. The number of nitrogen functional groups attached to an aromatic ring is 1. The molecule has 2 aromatic heterocycles. The SMILES string of the molecule is NC(=O)c1ccc(N)c(Sc2nncs2)n1. The Kier molecular flexibility index (Phi) is 3.02. The van der Waals surface area contributed by atoms with Crippen LogP contribution in [0.25, 0.3) is 0 Å². The fourth-order valence-corrected chi connectivity index (χ4v) is 2.38. The maximum atomic E-state index is 11.0. The summed E-state index contributed by atoms with van der Waals surface area (Å²) in [6.07, 6.45) is 0. The third kappa shape index (κ3) is 2.28. The molecule has 0 unspecified atom stereocenters. The lowest BCUT2D eigenvalue weighted by Crippen LogP contribution is -2.13.